The molecule has 8 heteroatoms. The normalized spacial score (nSPS) is 12.5. The third-order valence-electron chi connectivity index (χ3n) is 4.19. The summed E-state index contributed by atoms with van der Waals surface area (Å²) in [4.78, 5) is 12.2. The highest BCUT2D eigenvalue weighted by molar-refractivity contribution is 7.90. The van der Waals surface area contributed by atoms with Gasteiger partial charge in [0.05, 0.1) is 22.2 Å². The Kier molecular flexibility index (Phi) is 5.48. The van der Waals surface area contributed by atoms with Crippen molar-refractivity contribution in [3.63, 3.8) is 0 Å². The van der Waals surface area contributed by atoms with Gasteiger partial charge in [-0.2, -0.15) is 8.42 Å². The van der Waals surface area contributed by atoms with E-state index in [1.165, 1.54) is 30.6 Å². The predicted molar refractivity (Wildman–Crippen MR) is 105 cm³/mol. The number of sulfonamides is 1. The second kappa shape index (κ2) is 7.66. The zero-order valence-corrected chi connectivity index (χ0v) is 16.9. The van der Waals surface area contributed by atoms with Gasteiger partial charge < -0.3 is 9.30 Å². The number of hydrogen-bond donors (Lipinski definition) is 0. The molecule has 2 aromatic carbocycles. The van der Waals surface area contributed by atoms with Crippen LogP contribution in [0, 0.1) is 6.92 Å². The molecule has 1 aromatic heterocycles. The summed E-state index contributed by atoms with van der Waals surface area (Å²) in [6.07, 6.45) is 0.860. The van der Waals surface area contributed by atoms with Gasteiger partial charge in [0.15, 0.2) is 0 Å². The van der Waals surface area contributed by atoms with Crippen molar-refractivity contribution in [2.45, 2.75) is 31.7 Å². The van der Waals surface area contributed by atoms with E-state index >= 15 is 0 Å². The van der Waals surface area contributed by atoms with Gasteiger partial charge in [0.25, 0.3) is 10.0 Å². The van der Waals surface area contributed by atoms with Gasteiger partial charge in [-0.15, -0.1) is 4.40 Å². The number of carbonyl (C=O) groups is 1. The van der Waals surface area contributed by atoms with Crippen molar-refractivity contribution < 1.29 is 17.9 Å². The van der Waals surface area contributed by atoms with Crippen LogP contribution in [0.5, 0.6) is 0 Å². The minimum Gasteiger partial charge on any atom is -0.468 e. The maximum Gasteiger partial charge on any atom is 0.325 e. The number of thiazole rings is 1. The van der Waals surface area contributed by atoms with Crippen LogP contribution in [-0.2, 0) is 32.5 Å². The Balaban J connectivity index is 2.21. The Hall–Kier alpha value is -2.45. The number of carbonyl (C=O) groups excluding carboxylic acids is 1. The minimum atomic E-state index is -3.90. The van der Waals surface area contributed by atoms with Gasteiger partial charge in [-0.3, -0.25) is 4.79 Å². The molecule has 0 unspecified atom stereocenters. The quantitative estimate of drug-likeness (QED) is 0.613. The van der Waals surface area contributed by atoms with Gasteiger partial charge in [-0.05, 0) is 43.2 Å². The molecule has 27 heavy (non-hydrogen) atoms. The molecule has 1 heterocycles. The van der Waals surface area contributed by atoms with Crippen molar-refractivity contribution in [2.24, 2.45) is 4.40 Å². The maximum absolute atomic E-state index is 12.7. The number of fused-ring (bicyclic) bond motifs is 1. The molecule has 0 N–H and O–H groups in total. The van der Waals surface area contributed by atoms with Crippen LogP contribution < -0.4 is 4.80 Å². The van der Waals surface area contributed by atoms with Crippen LogP contribution in [0.25, 0.3) is 10.2 Å². The Morgan fingerprint density at radius 2 is 1.89 bits per heavy atom. The van der Waals surface area contributed by atoms with Crippen molar-refractivity contribution in [3.05, 3.63) is 58.4 Å². The summed E-state index contributed by atoms with van der Waals surface area (Å²) in [5.41, 5.74) is 2.84. The number of hydrogen-bond acceptors (Lipinski definition) is 5. The molecule has 0 radical (unpaired) electrons. The lowest BCUT2D eigenvalue weighted by atomic mass is 10.2. The van der Waals surface area contributed by atoms with E-state index in [1.54, 1.807) is 16.7 Å². The highest BCUT2D eigenvalue weighted by atomic mass is 32.2. The molecule has 0 aliphatic heterocycles. The van der Waals surface area contributed by atoms with Crippen LogP contribution in [0.2, 0.25) is 0 Å². The molecule has 3 aromatic rings. The van der Waals surface area contributed by atoms with Crippen molar-refractivity contribution in [1.29, 1.82) is 0 Å². The molecule has 0 aliphatic rings. The molecule has 0 bridgehead atoms. The molecular formula is C19H20N2O4S2. The third kappa shape index (κ3) is 4.12. The van der Waals surface area contributed by atoms with Crippen LogP contribution in [0.3, 0.4) is 0 Å². The molecule has 6 nitrogen and oxygen atoms in total. The number of ether oxygens (including phenoxy) is 1. The summed E-state index contributed by atoms with van der Waals surface area (Å²) in [5, 5.41) is 0. The van der Waals surface area contributed by atoms with Crippen LogP contribution >= 0.6 is 11.3 Å². The number of nitrogens with zero attached hydrogens (tertiary/aromatic N) is 2. The van der Waals surface area contributed by atoms with Gasteiger partial charge in [0, 0.05) is 0 Å². The van der Waals surface area contributed by atoms with Crippen molar-refractivity contribution in [3.8, 4) is 0 Å². The first-order valence-corrected chi connectivity index (χ1v) is 10.7. The maximum atomic E-state index is 12.7. The first kappa shape index (κ1) is 19.3. The highest BCUT2D eigenvalue weighted by Gasteiger charge is 2.16. The number of esters is 1. The second-order valence-electron chi connectivity index (χ2n) is 6.08. The average Bonchev–Trinajstić information content (AvgIpc) is 2.97. The standard InChI is InChI=1S/C19H20N2O4S2/c1-4-14-7-10-16-17(11-14)26-19(21(16)12-18(22)25-3)20-27(23,24)15-8-5-13(2)6-9-15/h5-11H,4,12H2,1-3H3/b20-19-. The molecule has 3 rings (SSSR count). The Labute approximate surface area is 161 Å². The summed E-state index contributed by atoms with van der Waals surface area (Å²) in [7, 11) is -2.60. The summed E-state index contributed by atoms with van der Waals surface area (Å²) >= 11 is 1.24. The van der Waals surface area contributed by atoms with Gasteiger partial charge in [-0.1, -0.05) is 42.0 Å². The first-order chi connectivity index (χ1) is 12.8. The fraction of sp³-hybridized carbons (Fsp3) is 0.263. The summed E-state index contributed by atoms with van der Waals surface area (Å²) < 4.78 is 36.7. The molecule has 0 atom stereocenters. The number of aryl methyl sites for hydroxylation is 2. The number of benzene rings is 2. The lowest BCUT2D eigenvalue weighted by molar-refractivity contribution is -0.141. The van der Waals surface area contributed by atoms with Crippen LogP contribution in [0.4, 0.5) is 0 Å². The van der Waals surface area contributed by atoms with E-state index in [2.05, 4.69) is 4.40 Å². The first-order valence-electron chi connectivity index (χ1n) is 8.41. The molecule has 0 fully saturated rings. The predicted octanol–water partition coefficient (Wildman–Crippen LogP) is 3.04. The van der Waals surface area contributed by atoms with E-state index in [4.69, 9.17) is 4.74 Å². The Bertz CT molecular complexity index is 1160. The van der Waals surface area contributed by atoms with Crippen molar-refractivity contribution >= 4 is 37.5 Å². The topological polar surface area (TPSA) is 77.7 Å². The van der Waals surface area contributed by atoms with Gasteiger partial charge >= 0.3 is 5.97 Å². The molecule has 0 saturated carbocycles. The fourth-order valence-corrected chi connectivity index (χ4v) is 4.92. The van der Waals surface area contributed by atoms with E-state index in [0.29, 0.717) is 0 Å². The zero-order chi connectivity index (χ0) is 19.6. The van der Waals surface area contributed by atoms with E-state index in [9.17, 15) is 13.2 Å². The summed E-state index contributed by atoms with van der Waals surface area (Å²) in [5.74, 6) is -0.469. The SMILES string of the molecule is CCc1ccc2c(c1)s/c(=N\S(=O)(=O)c1ccc(C)cc1)n2CC(=O)OC. The summed E-state index contributed by atoms with van der Waals surface area (Å²) in [6, 6.07) is 12.3. The van der Waals surface area contributed by atoms with E-state index in [-0.39, 0.29) is 16.2 Å². The minimum absolute atomic E-state index is 0.107. The highest BCUT2D eigenvalue weighted by Crippen LogP contribution is 2.21. The fourth-order valence-electron chi connectivity index (χ4n) is 2.62. The average molecular weight is 405 g/mol. The number of aromatic nitrogens is 1. The number of methoxy groups -OCH3 is 1. The zero-order valence-electron chi connectivity index (χ0n) is 15.3. The molecular weight excluding hydrogens is 384 g/mol. The second-order valence-corrected chi connectivity index (χ2v) is 8.70. The molecule has 0 saturated heterocycles. The molecule has 0 spiro atoms. The van der Waals surface area contributed by atoms with Crippen molar-refractivity contribution in [2.75, 3.05) is 7.11 Å². The smallest absolute Gasteiger partial charge is 0.325 e. The molecule has 142 valence electrons. The van der Waals surface area contributed by atoms with E-state index in [1.807, 2.05) is 32.0 Å². The lowest BCUT2D eigenvalue weighted by Gasteiger charge is -2.04. The lowest BCUT2D eigenvalue weighted by Crippen LogP contribution is -2.22. The molecule has 0 amide bonds. The third-order valence-corrected chi connectivity index (χ3v) is 6.63. The monoisotopic (exact) mass is 404 g/mol. The van der Waals surface area contributed by atoms with E-state index in [0.717, 1.165) is 27.8 Å². The van der Waals surface area contributed by atoms with Crippen LogP contribution in [0.15, 0.2) is 51.8 Å². The van der Waals surface area contributed by atoms with Gasteiger partial charge in [0.1, 0.15) is 6.54 Å². The number of rotatable bonds is 5. The largest absolute Gasteiger partial charge is 0.468 e. The Morgan fingerprint density at radius 1 is 1.19 bits per heavy atom. The van der Waals surface area contributed by atoms with Gasteiger partial charge in [-0.25, -0.2) is 0 Å². The van der Waals surface area contributed by atoms with Crippen molar-refractivity contribution in [1.82, 2.24) is 4.57 Å². The van der Waals surface area contributed by atoms with E-state index < -0.39 is 16.0 Å². The van der Waals surface area contributed by atoms with Gasteiger partial charge in [0.2, 0.25) is 4.80 Å². The Morgan fingerprint density at radius 3 is 2.52 bits per heavy atom. The molecule has 0 aliphatic carbocycles. The van der Waals surface area contributed by atoms with Crippen LogP contribution in [0.1, 0.15) is 18.1 Å². The van der Waals surface area contributed by atoms with Crippen LogP contribution in [-0.4, -0.2) is 26.1 Å². The summed E-state index contributed by atoms with van der Waals surface area (Å²) in [6.45, 7) is 3.82.